The van der Waals surface area contributed by atoms with Crippen LogP contribution in [0.25, 0.3) is 0 Å². The topological polar surface area (TPSA) is 63.2 Å². The van der Waals surface area contributed by atoms with Crippen molar-refractivity contribution < 1.29 is 9.53 Å². The maximum atomic E-state index is 11.4. The lowest BCUT2D eigenvalue weighted by Gasteiger charge is -2.21. The second kappa shape index (κ2) is 5.73. The molecule has 6 heteroatoms. The summed E-state index contributed by atoms with van der Waals surface area (Å²) in [4.78, 5) is 15.5. The van der Waals surface area contributed by atoms with Crippen LogP contribution < -0.4 is 15.4 Å². The van der Waals surface area contributed by atoms with Crippen LogP contribution in [0, 0.1) is 0 Å². The number of amides is 1. The number of nitrogens with one attached hydrogen (secondary N) is 2. The van der Waals surface area contributed by atoms with E-state index >= 15 is 0 Å². The molecule has 1 atom stereocenters. The number of rotatable bonds is 3. The first kappa shape index (κ1) is 13.9. The van der Waals surface area contributed by atoms with Crippen LogP contribution in [0.15, 0.2) is 41.1 Å². The second-order valence-corrected chi connectivity index (χ2v) is 5.64. The molecule has 21 heavy (non-hydrogen) atoms. The molecule has 0 fully saturated rings. The van der Waals surface area contributed by atoms with Gasteiger partial charge in [-0.15, -0.1) is 0 Å². The lowest BCUT2D eigenvalue weighted by Crippen LogP contribution is -2.25. The lowest BCUT2D eigenvalue weighted by molar-refractivity contribution is -0.118. The Balaban J connectivity index is 1.78. The molecule has 3 rings (SSSR count). The summed E-state index contributed by atoms with van der Waals surface area (Å²) in [7, 11) is 0. The highest BCUT2D eigenvalue weighted by Gasteiger charge is 2.17. The standard InChI is InChI=1S/C15H14BrN3O2/c1-9(18-11-3-5-14(16)17-7-11)10-2-4-13-12(6-10)19-15(20)8-21-13/h2-7,9,18H,8H2,1H3,(H,19,20). The molecule has 0 radical (unpaired) electrons. The molecule has 108 valence electrons. The molecule has 1 aromatic carbocycles. The van der Waals surface area contributed by atoms with Crippen molar-refractivity contribution in [1.29, 1.82) is 0 Å². The highest BCUT2D eigenvalue weighted by atomic mass is 79.9. The highest BCUT2D eigenvalue weighted by molar-refractivity contribution is 9.10. The molecule has 2 N–H and O–H groups in total. The van der Waals surface area contributed by atoms with Gasteiger partial charge < -0.3 is 15.4 Å². The van der Waals surface area contributed by atoms with Crippen molar-refractivity contribution >= 4 is 33.2 Å². The first-order chi connectivity index (χ1) is 10.1. The summed E-state index contributed by atoms with van der Waals surface area (Å²) in [6.45, 7) is 2.12. The van der Waals surface area contributed by atoms with Crippen LogP contribution >= 0.6 is 15.9 Å². The van der Waals surface area contributed by atoms with Crippen molar-refractivity contribution in [3.8, 4) is 5.75 Å². The van der Waals surface area contributed by atoms with Crippen molar-refractivity contribution in [3.63, 3.8) is 0 Å². The van der Waals surface area contributed by atoms with Gasteiger partial charge >= 0.3 is 0 Å². The van der Waals surface area contributed by atoms with E-state index in [1.165, 1.54) is 0 Å². The van der Waals surface area contributed by atoms with Crippen LogP contribution in [0.3, 0.4) is 0 Å². The van der Waals surface area contributed by atoms with Crippen molar-refractivity contribution in [1.82, 2.24) is 4.98 Å². The molecule has 1 aliphatic rings. The minimum absolute atomic E-state index is 0.0741. The average molecular weight is 348 g/mol. The number of nitrogens with zero attached hydrogens (tertiary/aromatic N) is 1. The Bertz CT molecular complexity index is 673. The number of anilines is 2. The van der Waals surface area contributed by atoms with Crippen LogP contribution in [0.1, 0.15) is 18.5 Å². The number of hydrogen-bond donors (Lipinski definition) is 2. The lowest BCUT2D eigenvalue weighted by atomic mass is 10.1. The van der Waals surface area contributed by atoms with Gasteiger partial charge in [-0.3, -0.25) is 4.79 Å². The Kier molecular flexibility index (Phi) is 3.79. The normalized spacial score (nSPS) is 14.7. The van der Waals surface area contributed by atoms with Gasteiger partial charge in [0.15, 0.2) is 6.61 Å². The zero-order valence-corrected chi connectivity index (χ0v) is 13.0. The third-order valence-electron chi connectivity index (χ3n) is 3.25. The van der Waals surface area contributed by atoms with Gasteiger partial charge in [0.1, 0.15) is 10.4 Å². The van der Waals surface area contributed by atoms with Gasteiger partial charge in [0.2, 0.25) is 0 Å². The molecular formula is C15H14BrN3O2. The van der Waals surface area contributed by atoms with Crippen LogP contribution in [-0.4, -0.2) is 17.5 Å². The van der Waals surface area contributed by atoms with Crippen molar-refractivity contribution in [2.75, 3.05) is 17.2 Å². The summed E-state index contributed by atoms with van der Waals surface area (Å²) in [5, 5.41) is 6.18. The quantitative estimate of drug-likeness (QED) is 0.835. The van der Waals surface area contributed by atoms with Gasteiger partial charge in [-0.25, -0.2) is 4.98 Å². The molecule has 2 aromatic rings. The first-order valence-corrected chi connectivity index (χ1v) is 7.36. The predicted molar refractivity (Wildman–Crippen MR) is 84.5 cm³/mol. The van der Waals surface area contributed by atoms with Gasteiger partial charge in [0, 0.05) is 6.04 Å². The molecule has 2 heterocycles. The largest absolute Gasteiger partial charge is 0.482 e. The maximum absolute atomic E-state index is 11.4. The van der Waals surface area contributed by atoms with E-state index < -0.39 is 0 Å². The molecule has 5 nitrogen and oxygen atoms in total. The van der Waals surface area contributed by atoms with Crippen LogP contribution in [0.2, 0.25) is 0 Å². The molecule has 0 saturated carbocycles. The SMILES string of the molecule is CC(Nc1ccc(Br)nc1)c1ccc2c(c1)NC(=O)CO2. The third kappa shape index (κ3) is 3.16. The van der Waals surface area contributed by atoms with Crippen molar-refractivity contribution in [2.24, 2.45) is 0 Å². The van der Waals surface area contributed by atoms with E-state index in [1.54, 1.807) is 6.20 Å². The Morgan fingerprint density at radius 1 is 1.38 bits per heavy atom. The molecule has 0 spiro atoms. The predicted octanol–water partition coefficient (Wildman–Crippen LogP) is 3.35. The molecule has 1 unspecified atom stereocenters. The number of halogens is 1. The van der Waals surface area contributed by atoms with Crippen LogP contribution in [0.5, 0.6) is 5.75 Å². The summed E-state index contributed by atoms with van der Waals surface area (Å²) >= 11 is 3.31. The van der Waals surface area contributed by atoms with Crippen molar-refractivity contribution in [2.45, 2.75) is 13.0 Å². The zero-order valence-electron chi connectivity index (χ0n) is 11.4. The minimum atomic E-state index is -0.127. The van der Waals surface area contributed by atoms with Crippen molar-refractivity contribution in [3.05, 3.63) is 46.7 Å². The molecule has 1 aromatic heterocycles. The van der Waals surface area contributed by atoms with Gasteiger partial charge in [-0.1, -0.05) is 6.07 Å². The van der Waals surface area contributed by atoms with E-state index in [0.29, 0.717) is 11.4 Å². The molecular weight excluding hydrogens is 334 g/mol. The molecule has 0 aliphatic carbocycles. The van der Waals surface area contributed by atoms with E-state index in [1.807, 2.05) is 30.3 Å². The van der Waals surface area contributed by atoms with Gasteiger partial charge in [-0.05, 0) is 52.7 Å². The smallest absolute Gasteiger partial charge is 0.262 e. The number of hydrogen-bond acceptors (Lipinski definition) is 4. The van der Waals surface area contributed by atoms with Gasteiger partial charge in [0.05, 0.1) is 17.6 Å². The monoisotopic (exact) mass is 347 g/mol. The number of carbonyl (C=O) groups is 1. The van der Waals surface area contributed by atoms with E-state index in [2.05, 4.69) is 38.5 Å². The third-order valence-corrected chi connectivity index (χ3v) is 3.72. The number of carbonyl (C=O) groups excluding carboxylic acids is 1. The van der Waals surface area contributed by atoms with E-state index in [0.717, 1.165) is 15.9 Å². The summed E-state index contributed by atoms with van der Waals surface area (Å²) in [6, 6.07) is 9.71. The summed E-state index contributed by atoms with van der Waals surface area (Å²) in [5.41, 5.74) is 2.71. The Labute approximate surface area is 130 Å². The summed E-state index contributed by atoms with van der Waals surface area (Å²) in [5.74, 6) is 0.577. The fraction of sp³-hybridized carbons (Fsp3) is 0.200. The number of pyridine rings is 1. The van der Waals surface area contributed by atoms with Gasteiger partial charge in [-0.2, -0.15) is 0 Å². The second-order valence-electron chi connectivity index (χ2n) is 4.83. The van der Waals surface area contributed by atoms with Crippen LogP contribution in [-0.2, 0) is 4.79 Å². The molecule has 1 amide bonds. The maximum Gasteiger partial charge on any atom is 0.262 e. The minimum Gasteiger partial charge on any atom is -0.482 e. The number of aromatic nitrogens is 1. The molecule has 1 aliphatic heterocycles. The Hall–Kier alpha value is -2.08. The zero-order chi connectivity index (χ0) is 14.8. The average Bonchev–Trinajstić information content (AvgIpc) is 2.48. The Morgan fingerprint density at radius 3 is 3.00 bits per heavy atom. The molecule has 0 bridgehead atoms. The Morgan fingerprint density at radius 2 is 2.24 bits per heavy atom. The summed E-state index contributed by atoms with van der Waals surface area (Å²) in [6.07, 6.45) is 1.77. The first-order valence-electron chi connectivity index (χ1n) is 6.56. The van der Waals surface area contributed by atoms with E-state index in [4.69, 9.17) is 4.74 Å². The van der Waals surface area contributed by atoms with E-state index in [9.17, 15) is 4.79 Å². The fourth-order valence-corrected chi connectivity index (χ4v) is 2.40. The number of fused-ring (bicyclic) bond motifs is 1. The summed E-state index contributed by atoms with van der Waals surface area (Å²) < 4.78 is 6.15. The highest BCUT2D eigenvalue weighted by Crippen LogP contribution is 2.31. The van der Waals surface area contributed by atoms with Gasteiger partial charge in [0.25, 0.3) is 5.91 Å². The molecule has 0 saturated heterocycles. The van der Waals surface area contributed by atoms with E-state index in [-0.39, 0.29) is 18.6 Å². The number of benzene rings is 1. The van der Waals surface area contributed by atoms with Crippen LogP contribution in [0.4, 0.5) is 11.4 Å². The fourth-order valence-electron chi connectivity index (χ4n) is 2.16. The number of ether oxygens (including phenoxy) is 1.